The molecule has 0 radical (unpaired) electrons. The van der Waals surface area contributed by atoms with E-state index < -0.39 is 12.0 Å². The molecule has 0 unspecified atom stereocenters. The molecule has 10 nitrogen and oxygen atoms in total. The van der Waals surface area contributed by atoms with Crippen LogP contribution in [0.4, 0.5) is 5.95 Å². The topological polar surface area (TPSA) is 151 Å². The van der Waals surface area contributed by atoms with E-state index in [1.165, 1.54) is 0 Å². The summed E-state index contributed by atoms with van der Waals surface area (Å²) in [5.41, 5.74) is 6.74. The highest BCUT2D eigenvalue weighted by molar-refractivity contribution is 5.98. The average Bonchev–Trinajstić information content (AvgIpc) is 3.32. The lowest BCUT2D eigenvalue weighted by Crippen LogP contribution is -2.42. The zero-order valence-corrected chi connectivity index (χ0v) is 14.6. The molecule has 0 fully saturated rings. The second-order valence-electron chi connectivity index (χ2n) is 6.01. The van der Waals surface area contributed by atoms with Crippen molar-refractivity contribution in [2.45, 2.75) is 19.0 Å². The van der Waals surface area contributed by atoms with Gasteiger partial charge >= 0.3 is 5.97 Å². The number of anilines is 1. The van der Waals surface area contributed by atoms with Gasteiger partial charge in [0.1, 0.15) is 6.04 Å². The third kappa shape index (κ3) is 4.61. The summed E-state index contributed by atoms with van der Waals surface area (Å²) in [7, 11) is 0. The summed E-state index contributed by atoms with van der Waals surface area (Å²) in [4.78, 5) is 29.9. The number of carboxylic acids is 1. The Morgan fingerprint density at radius 3 is 2.96 bits per heavy atom. The predicted octanol–water partition coefficient (Wildman–Crippen LogP) is 0.403. The number of nitrogens with zero attached hydrogens (tertiary/aromatic N) is 3. The van der Waals surface area contributed by atoms with E-state index in [1.54, 1.807) is 30.7 Å². The fourth-order valence-electron chi connectivity index (χ4n) is 2.60. The van der Waals surface area contributed by atoms with Gasteiger partial charge < -0.3 is 26.5 Å². The van der Waals surface area contributed by atoms with Crippen molar-refractivity contribution >= 4 is 28.7 Å². The summed E-state index contributed by atoms with van der Waals surface area (Å²) in [6.07, 6.45) is 6.00. The number of nitrogens with one attached hydrogen (secondary N) is 3. The molecule has 2 aromatic heterocycles. The molecule has 0 aliphatic carbocycles. The van der Waals surface area contributed by atoms with E-state index in [0.717, 1.165) is 36.4 Å². The number of amides is 1. The van der Waals surface area contributed by atoms with E-state index in [-0.39, 0.29) is 12.5 Å². The number of carbonyl (C=O) groups is 2. The van der Waals surface area contributed by atoms with Gasteiger partial charge in [-0.2, -0.15) is 5.10 Å². The number of hydrogen-bond donors (Lipinski definition) is 5. The summed E-state index contributed by atoms with van der Waals surface area (Å²) in [5, 5.41) is 19.7. The van der Waals surface area contributed by atoms with Crippen LogP contribution in [-0.4, -0.2) is 55.9 Å². The Bertz CT molecular complexity index is 920. The number of hydrogen-bond acceptors (Lipinski definition) is 6. The number of aromatic nitrogens is 4. The summed E-state index contributed by atoms with van der Waals surface area (Å²) in [6, 6.07) is 4.11. The highest BCUT2D eigenvalue weighted by Gasteiger charge is 2.14. The number of carboxylic acid groups (broad SMARTS) is 1. The third-order valence-electron chi connectivity index (χ3n) is 4.04. The van der Waals surface area contributed by atoms with Crippen LogP contribution in [0.5, 0.6) is 0 Å². The maximum absolute atomic E-state index is 12.1. The maximum Gasteiger partial charge on any atom is 0.322 e. The lowest BCUT2D eigenvalue weighted by Gasteiger charge is -2.09. The largest absolute Gasteiger partial charge is 0.480 e. The number of rotatable bonds is 9. The Labute approximate surface area is 154 Å². The Morgan fingerprint density at radius 1 is 1.37 bits per heavy atom. The summed E-state index contributed by atoms with van der Waals surface area (Å²) < 4.78 is 1.88. The number of aromatic amines is 1. The minimum absolute atomic E-state index is 0.131. The first-order valence-electron chi connectivity index (χ1n) is 8.50. The summed E-state index contributed by atoms with van der Waals surface area (Å²) >= 11 is 0. The van der Waals surface area contributed by atoms with E-state index in [0.29, 0.717) is 5.56 Å². The predicted molar refractivity (Wildman–Crippen MR) is 99.4 cm³/mol. The monoisotopic (exact) mass is 371 g/mol. The van der Waals surface area contributed by atoms with Crippen molar-refractivity contribution in [3.05, 3.63) is 42.4 Å². The van der Waals surface area contributed by atoms with Gasteiger partial charge in [-0.1, -0.05) is 0 Å². The molecule has 0 aliphatic heterocycles. The standard InChI is InChI=1S/C17H21N7O3/c18-13(16(26)27)10-22-15(25)11-2-3-14-12(8-11)9-23-24(14)7-1-4-19-17-20-5-6-21-17/h2-3,5-6,8-9,13H,1,4,7,10,18H2,(H,22,25)(H,26,27)(H2,19,20,21)/t13-/m0/s1. The number of imidazole rings is 1. The first kappa shape index (κ1) is 18.4. The number of nitrogens with two attached hydrogens (primary N) is 1. The summed E-state index contributed by atoms with van der Waals surface area (Å²) in [6.45, 7) is 1.34. The van der Waals surface area contributed by atoms with Crippen molar-refractivity contribution in [3.8, 4) is 0 Å². The smallest absolute Gasteiger partial charge is 0.322 e. The van der Waals surface area contributed by atoms with Crippen LogP contribution >= 0.6 is 0 Å². The Kier molecular flexibility index (Phi) is 5.67. The second kappa shape index (κ2) is 8.32. The molecule has 1 aromatic carbocycles. The molecule has 3 rings (SSSR count). The van der Waals surface area contributed by atoms with E-state index in [1.807, 2.05) is 10.7 Å². The fraction of sp³-hybridized carbons (Fsp3) is 0.294. The van der Waals surface area contributed by atoms with Gasteiger partial charge in [0.05, 0.1) is 11.7 Å². The quantitative estimate of drug-likeness (QED) is 0.342. The van der Waals surface area contributed by atoms with Crippen LogP contribution in [0.3, 0.4) is 0 Å². The molecular weight excluding hydrogens is 350 g/mol. The zero-order chi connectivity index (χ0) is 19.2. The molecule has 0 saturated heterocycles. The minimum atomic E-state index is -1.16. The summed E-state index contributed by atoms with van der Waals surface area (Å²) in [5.74, 6) is -0.795. The lowest BCUT2D eigenvalue weighted by molar-refractivity contribution is -0.138. The van der Waals surface area contributed by atoms with Crippen molar-refractivity contribution in [3.63, 3.8) is 0 Å². The van der Waals surface area contributed by atoms with Crippen molar-refractivity contribution < 1.29 is 14.7 Å². The Balaban J connectivity index is 1.57. The van der Waals surface area contributed by atoms with Crippen LogP contribution in [0, 0.1) is 0 Å². The molecule has 10 heteroatoms. The fourth-order valence-corrected chi connectivity index (χ4v) is 2.60. The van der Waals surface area contributed by atoms with Crippen LogP contribution in [0.25, 0.3) is 10.9 Å². The molecule has 0 aliphatic rings. The van der Waals surface area contributed by atoms with Gasteiger partial charge in [0, 0.05) is 43.0 Å². The number of fused-ring (bicyclic) bond motifs is 1. The van der Waals surface area contributed by atoms with Gasteiger partial charge in [0.25, 0.3) is 5.91 Å². The molecule has 0 saturated carbocycles. The SMILES string of the molecule is N[C@@H](CNC(=O)c1ccc2c(cnn2CCCNc2ncc[nH]2)c1)C(=O)O. The number of H-pyrrole nitrogens is 1. The number of carbonyl (C=O) groups excluding carboxylic acids is 1. The normalized spacial score (nSPS) is 12.0. The Morgan fingerprint density at radius 2 is 2.22 bits per heavy atom. The molecule has 1 atom stereocenters. The van der Waals surface area contributed by atoms with Crippen LogP contribution in [-0.2, 0) is 11.3 Å². The van der Waals surface area contributed by atoms with Gasteiger partial charge in [-0.25, -0.2) is 4.98 Å². The first-order valence-corrected chi connectivity index (χ1v) is 8.50. The van der Waals surface area contributed by atoms with Crippen molar-refractivity contribution in [1.29, 1.82) is 0 Å². The van der Waals surface area contributed by atoms with Crippen molar-refractivity contribution in [1.82, 2.24) is 25.1 Å². The third-order valence-corrected chi connectivity index (χ3v) is 4.04. The molecular formula is C17H21N7O3. The molecule has 2 heterocycles. The molecule has 142 valence electrons. The van der Waals surface area contributed by atoms with Gasteiger partial charge in [-0.15, -0.1) is 0 Å². The molecule has 27 heavy (non-hydrogen) atoms. The average molecular weight is 371 g/mol. The second-order valence-corrected chi connectivity index (χ2v) is 6.01. The minimum Gasteiger partial charge on any atom is -0.480 e. The van der Waals surface area contributed by atoms with Crippen molar-refractivity contribution in [2.24, 2.45) is 5.73 Å². The Hall–Kier alpha value is -3.40. The molecule has 3 aromatic rings. The molecule has 1 amide bonds. The molecule has 6 N–H and O–H groups in total. The van der Waals surface area contributed by atoms with Crippen LogP contribution < -0.4 is 16.4 Å². The first-order chi connectivity index (χ1) is 13.0. The van der Waals surface area contributed by atoms with Gasteiger partial charge in [-0.05, 0) is 24.6 Å². The van der Waals surface area contributed by atoms with Gasteiger partial charge in [0.15, 0.2) is 5.95 Å². The van der Waals surface area contributed by atoms with Crippen LogP contribution in [0.15, 0.2) is 36.8 Å². The number of aryl methyl sites for hydroxylation is 1. The van der Waals surface area contributed by atoms with Crippen molar-refractivity contribution in [2.75, 3.05) is 18.4 Å². The number of aliphatic carboxylic acids is 1. The molecule has 0 spiro atoms. The number of benzene rings is 1. The zero-order valence-electron chi connectivity index (χ0n) is 14.6. The van der Waals surface area contributed by atoms with E-state index in [4.69, 9.17) is 10.8 Å². The highest BCUT2D eigenvalue weighted by Crippen LogP contribution is 2.16. The van der Waals surface area contributed by atoms with Crippen LogP contribution in [0.2, 0.25) is 0 Å². The van der Waals surface area contributed by atoms with E-state index >= 15 is 0 Å². The van der Waals surface area contributed by atoms with E-state index in [2.05, 4.69) is 25.7 Å². The lowest BCUT2D eigenvalue weighted by atomic mass is 10.1. The van der Waals surface area contributed by atoms with Gasteiger partial charge in [-0.3, -0.25) is 14.3 Å². The maximum atomic E-state index is 12.1. The molecule has 0 bridgehead atoms. The van der Waals surface area contributed by atoms with E-state index in [9.17, 15) is 9.59 Å². The highest BCUT2D eigenvalue weighted by atomic mass is 16.4. The van der Waals surface area contributed by atoms with Crippen LogP contribution in [0.1, 0.15) is 16.8 Å². The van der Waals surface area contributed by atoms with Gasteiger partial charge in [0.2, 0.25) is 0 Å².